The van der Waals surface area contributed by atoms with E-state index in [1.807, 2.05) is 37.9 Å². The number of hydrogen-bond acceptors (Lipinski definition) is 4. The van der Waals surface area contributed by atoms with Crippen molar-refractivity contribution in [1.29, 1.82) is 0 Å². The minimum Gasteiger partial charge on any atom is -0.389 e. The van der Waals surface area contributed by atoms with Crippen molar-refractivity contribution in [2.24, 2.45) is 0 Å². The minimum atomic E-state index is -0.242. The average molecular weight is 280 g/mol. The molecule has 0 radical (unpaired) electrons. The van der Waals surface area contributed by atoms with E-state index in [4.69, 9.17) is 11.6 Å². The number of nitrogens with zero attached hydrogens (tertiary/aromatic N) is 3. The van der Waals surface area contributed by atoms with E-state index in [1.165, 1.54) is 0 Å². The summed E-state index contributed by atoms with van der Waals surface area (Å²) in [5.41, 5.74) is 1.08. The Morgan fingerprint density at radius 2 is 1.89 bits per heavy atom. The molecule has 0 aliphatic carbocycles. The van der Waals surface area contributed by atoms with Crippen molar-refractivity contribution in [1.82, 2.24) is 9.97 Å². The van der Waals surface area contributed by atoms with Gasteiger partial charge in [0, 0.05) is 30.9 Å². The maximum atomic E-state index is 9.34. The molecule has 3 heterocycles. The lowest BCUT2D eigenvalue weighted by Gasteiger charge is -2.37. The van der Waals surface area contributed by atoms with Gasteiger partial charge in [-0.05, 0) is 23.9 Å². The first-order valence-corrected chi connectivity index (χ1v) is 6.87. The number of β-amino-alcohol motifs (C(OH)–C–C–N with tert-alkyl or cyclic N) is 1. The number of anilines is 1. The van der Waals surface area contributed by atoms with Crippen LogP contribution in [0, 0.1) is 6.92 Å². The van der Waals surface area contributed by atoms with Gasteiger partial charge in [0.2, 0.25) is 0 Å². The van der Waals surface area contributed by atoms with Gasteiger partial charge in [-0.2, -0.15) is 0 Å². The van der Waals surface area contributed by atoms with Crippen LogP contribution in [-0.4, -0.2) is 34.3 Å². The molecule has 19 heavy (non-hydrogen) atoms. The van der Waals surface area contributed by atoms with E-state index in [9.17, 15) is 5.11 Å². The second-order valence-electron chi connectivity index (χ2n) is 4.38. The van der Waals surface area contributed by atoms with Crippen LogP contribution >= 0.6 is 11.6 Å². The molecule has 2 aromatic rings. The summed E-state index contributed by atoms with van der Waals surface area (Å²) in [5, 5.41) is 11.9. The number of pyridine rings is 2. The number of aryl methyl sites for hydroxylation is 1. The highest BCUT2D eigenvalue weighted by atomic mass is 35.5. The molecule has 102 valence electrons. The van der Waals surface area contributed by atoms with Gasteiger partial charge in [-0.1, -0.05) is 25.4 Å². The van der Waals surface area contributed by atoms with Gasteiger partial charge in [-0.15, -0.1) is 0 Å². The van der Waals surface area contributed by atoms with Crippen molar-refractivity contribution in [2.45, 2.75) is 26.9 Å². The van der Waals surface area contributed by atoms with Crippen molar-refractivity contribution >= 4 is 28.2 Å². The summed E-state index contributed by atoms with van der Waals surface area (Å²) in [7, 11) is 0. The van der Waals surface area contributed by atoms with Crippen molar-refractivity contribution in [2.75, 3.05) is 18.0 Å². The fourth-order valence-electron chi connectivity index (χ4n) is 2.11. The van der Waals surface area contributed by atoms with Crippen LogP contribution in [0.2, 0.25) is 5.15 Å². The van der Waals surface area contributed by atoms with Crippen LogP contribution in [0.1, 0.15) is 19.4 Å². The molecule has 0 unspecified atom stereocenters. The third-order valence-corrected chi connectivity index (χ3v) is 3.29. The number of aliphatic hydroxyl groups excluding tert-OH is 1. The Morgan fingerprint density at radius 3 is 2.53 bits per heavy atom. The van der Waals surface area contributed by atoms with Crippen LogP contribution in [0.4, 0.5) is 5.82 Å². The lowest BCUT2D eigenvalue weighted by molar-refractivity contribution is 0.141. The highest BCUT2D eigenvalue weighted by Crippen LogP contribution is 2.30. The molecule has 0 atom stereocenters. The van der Waals surface area contributed by atoms with Gasteiger partial charge in [0.05, 0.1) is 6.10 Å². The van der Waals surface area contributed by atoms with Gasteiger partial charge in [0.1, 0.15) is 11.0 Å². The maximum absolute atomic E-state index is 9.34. The molecule has 0 bridgehead atoms. The number of aromatic nitrogens is 2. The highest BCUT2D eigenvalue weighted by Gasteiger charge is 2.27. The highest BCUT2D eigenvalue weighted by molar-refractivity contribution is 6.30. The normalized spacial score (nSPS) is 14.9. The van der Waals surface area contributed by atoms with E-state index in [2.05, 4.69) is 9.97 Å². The lowest BCUT2D eigenvalue weighted by atomic mass is 10.1. The molecule has 1 N–H and O–H groups in total. The summed E-state index contributed by atoms with van der Waals surface area (Å²) in [5.74, 6) is 0.875. The van der Waals surface area contributed by atoms with Crippen LogP contribution in [0.5, 0.6) is 0 Å². The summed E-state index contributed by atoms with van der Waals surface area (Å²) in [6.07, 6.45) is 3.34. The Morgan fingerprint density at radius 1 is 1.21 bits per heavy atom. The number of fused-ring (bicyclic) bond motifs is 1. The standard InChI is InChI=1S/C12H12ClN3O.C2H6/c1-7-3-15-12(16-5-8(17)6-16)10-4-14-11(13)2-9(7)10;1-2/h2-4,8,17H,5-6H2,1H3;1-2H3. The van der Waals surface area contributed by atoms with Crippen LogP contribution in [-0.2, 0) is 0 Å². The molecule has 1 aliphatic rings. The van der Waals surface area contributed by atoms with Crippen LogP contribution in [0.3, 0.4) is 0 Å². The fraction of sp³-hybridized carbons (Fsp3) is 0.429. The zero-order valence-electron chi connectivity index (χ0n) is 11.4. The molecular formula is C14H18ClN3O. The van der Waals surface area contributed by atoms with Gasteiger partial charge < -0.3 is 10.0 Å². The van der Waals surface area contributed by atoms with E-state index >= 15 is 0 Å². The zero-order valence-corrected chi connectivity index (χ0v) is 12.1. The van der Waals surface area contributed by atoms with Gasteiger partial charge >= 0.3 is 0 Å². The Kier molecular flexibility index (Phi) is 4.22. The minimum absolute atomic E-state index is 0.242. The Balaban J connectivity index is 0.000000637. The summed E-state index contributed by atoms with van der Waals surface area (Å²) < 4.78 is 0. The summed E-state index contributed by atoms with van der Waals surface area (Å²) in [6, 6.07) is 1.85. The molecule has 4 nitrogen and oxygen atoms in total. The lowest BCUT2D eigenvalue weighted by Crippen LogP contribution is -2.51. The summed E-state index contributed by atoms with van der Waals surface area (Å²) >= 11 is 5.91. The van der Waals surface area contributed by atoms with Gasteiger partial charge in [-0.25, -0.2) is 9.97 Å². The first kappa shape index (κ1) is 14.0. The topological polar surface area (TPSA) is 49.2 Å². The zero-order chi connectivity index (χ0) is 14.0. The van der Waals surface area contributed by atoms with Crippen molar-refractivity contribution in [3.05, 3.63) is 29.2 Å². The second kappa shape index (κ2) is 5.72. The first-order chi connectivity index (χ1) is 9.15. The van der Waals surface area contributed by atoms with E-state index < -0.39 is 0 Å². The second-order valence-corrected chi connectivity index (χ2v) is 4.76. The van der Waals surface area contributed by atoms with E-state index in [0.717, 1.165) is 22.2 Å². The molecule has 0 saturated carbocycles. The third kappa shape index (κ3) is 2.65. The van der Waals surface area contributed by atoms with Gasteiger partial charge in [0.25, 0.3) is 0 Å². The van der Waals surface area contributed by atoms with Crippen LogP contribution in [0.15, 0.2) is 18.5 Å². The molecule has 2 aromatic heterocycles. The summed E-state index contributed by atoms with van der Waals surface area (Å²) in [6.45, 7) is 7.27. The SMILES string of the molecule is CC.Cc1cnc(N2CC(O)C2)c2cnc(Cl)cc12. The number of rotatable bonds is 1. The molecule has 5 heteroatoms. The molecule has 0 spiro atoms. The molecule has 1 saturated heterocycles. The maximum Gasteiger partial charge on any atom is 0.138 e. The van der Waals surface area contributed by atoms with Crippen molar-refractivity contribution in [3.63, 3.8) is 0 Å². The van der Waals surface area contributed by atoms with Gasteiger partial charge in [-0.3, -0.25) is 0 Å². The molecule has 3 rings (SSSR count). The Hall–Kier alpha value is -1.39. The Bertz CT molecular complexity index is 582. The molecule has 0 amide bonds. The monoisotopic (exact) mass is 279 g/mol. The molecule has 0 aromatic carbocycles. The number of aliphatic hydroxyl groups is 1. The van der Waals surface area contributed by atoms with E-state index in [0.29, 0.717) is 18.2 Å². The third-order valence-electron chi connectivity index (χ3n) is 3.08. The van der Waals surface area contributed by atoms with Crippen LogP contribution in [0.25, 0.3) is 10.8 Å². The van der Waals surface area contributed by atoms with E-state index in [-0.39, 0.29) is 6.10 Å². The predicted octanol–water partition coefficient (Wildman–Crippen LogP) is 2.80. The molecule has 1 aliphatic heterocycles. The molecular weight excluding hydrogens is 262 g/mol. The quantitative estimate of drug-likeness (QED) is 0.816. The first-order valence-electron chi connectivity index (χ1n) is 6.49. The van der Waals surface area contributed by atoms with Gasteiger partial charge in [0.15, 0.2) is 0 Å². The van der Waals surface area contributed by atoms with Crippen molar-refractivity contribution in [3.8, 4) is 0 Å². The van der Waals surface area contributed by atoms with Crippen LogP contribution < -0.4 is 4.90 Å². The van der Waals surface area contributed by atoms with E-state index in [1.54, 1.807) is 6.20 Å². The number of halogens is 1. The summed E-state index contributed by atoms with van der Waals surface area (Å²) in [4.78, 5) is 10.6. The largest absolute Gasteiger partial charge is 0.389 e. The molecule has 1 fully saturated rings. The average Bonchev–Trinajstić information content (AvgIpc) is 2.39. The van der Waals surface area contributed by atoms with Crippen molar-refractivity contribution < 1.29 is 5.11 Å². The Labute approximate surface area is 118 Å². The number of hydrogen-bond donors (Lipinski definition) is 1. The fourth-order valence-corrected chi connectivity index (χ4v) is 2.27. The smallest absolute Gasteiger partial charge is 0.138 e. The predicted molar refractivity (Wildman–Crippen MR) is 78.9 cm³/mol.